The Hall–Kier alpha value is -4.91. The van der Waals surface area contributed by atoms with Crippen molar-refractivity contribution in [1.82, 2.24) is 0 Å². The lowest BCUT2D eigenvalue weighted by Crippen LogP contribution is -2.39. The van der Waals surface area contributed by atoms with Gasteiger partial charge in [0.1, 0.15) is 0 Å². The predicted molar refractivity (Wildman–Crippen MR) is 348 cm³/mol. The highest BCUT2D eigenvalue weighted by Gasteiger charge is 2.34. The molecule has 0 saturated heterocycles. The molecule has 7 aromatic carbocycles. The Balaban J connectivity index is 1.83. The Bertz CT molecular complexity index is 3020. The highest BCUT2D eigenvalue weighted by molar-refractivity contribution is 6.89. The number of nitrogens with zero attached hydrogens (tertiary/aromatic N) is 2. The van der Waals surface area contributed by atoms with E-state index in [4.69, 9.17) is 0 Å². The van der Waals surface area contributed by atoms with E-state index in [0.717, 1.165) is 0 Å². The van der Waals surface area contributed by atoms with Crippen LogP contribution in [0.25, 0.3) is 21.5 Å². The standard InChI is InChI=1S/C72H100N2Si2/c1-66(2,3)47-34-48(67(4,5)6)38-54(37-47)73(55-39-49(68(7,8)9)35-50(40-55)69(10,11)12)65-61-31-29-28-30-60(61)64(62-33-32-58(46-63(62)65)75(22,23)24)74(56-41-51(70(13,14)15)36-52(42-56)71(16,17)18)57-43-53(72(19,20)21)44-59(45-57)76(25,26)27/h28-46H,1-27H3. The van der Waals surface area contributed by atoms with Gasteiger partial charge in [-0.15, -0.1) is 0 Å². The van der Waals surface area contributed by atoms with Crippen molar-refractivity contribution in [2.75, 3.05) is 9.80 Å². The van der Waals surface area contributed by atoms with E-state index < -0.39 is 16.1 Å². The number of rotatable bonds is 8. The predicted octanol–water partition coefficient (Wildman–Crippen LogP) is 21.1. The second kappa shape index (κ2) is 19.5. The molecule has 0 saturated carbocycles. The molecule has 0 radical (unpaired) electrons. The third-order valence-corrected chi connectivity index (χ3v) is 20.0. The van der Waals surface area contributed by atoms with E-state index in [1.54, 1.807) is 0 Å². The van der Waals surface area contributed by atoms with Gasteiger partial charge in [0.05, 0.1) is 27.5 Å². The van der Waals surface area contributed by atoms with Crippen LogP contribution in [0.3, 0.4) is 0 Å². The lowest BCUT2D eigenvalue weighted by Gasteiger charge is -2.37. The molecule has 0 unspecified atom stereocenters. The van der Waals surface area contributed by atoms with Crippen LogP contribution in [0.5, 0.6) is 0 Å². The van der Waals surface area contributed by atoms with E-state index in [2.05, 4.69) is 310 Å². The summed E-state index contributed by atoms with van der Waals surface area (Å²) in [6.45, 7) is 64.9. The van der Waals surface area contributed by atoms with Crippen molar-refractivity contribution < 1.29 is 0 Å². The van der Waals surface area contributed by atoms with Gasteiger partial charge < -0.3 is 9.80 Å². The maximum absolute atomic E-state index is 2.70. The normalized spacial score (nSPS) is 13.7. The topological polar surface area (TPSA) is 6.48 Å². The molecule has 0 spiro atoms. The first-order chi connectivity index (χ1) is 34.3. The fourth-order valence-corrected chi connectivity index (χ4v) is 12.7. The highest BCUT2D eigenvalue weighted by Crippen LogP contribution is 2.53. The first-order valence-corrected chi connectivity index (χ1v) is 35.6. The number of benzene rings is 7. The molecular weight excluding hydrogens is 949 g/mol. The van der Waals surface area contributed by atoms with Crippen molar-refractivity contribution in [3.05, 3.63) is 154 Å². The summed E-state index contributed by atoms with van der Waals surface area (Å²) in [7, 11) is -3.72. The zero-order chi connectivity index (χ0) is 57.1. The molecule has 0 heterocycles. The third kappa shape index (κ3) is 12.3. The summed E-state index contributed by atoms with van der Waals surface area (Å²) < 4.78 is 0. The SMILES string of the molecule is CC(C)(C)c1cc(N(c2cc(C(C)(C)C)cc([Si](C)(C)C)c2)c2c3ccccc3c(N(c3cc(C(C)(C)C)cc(C(C)(C)C)c3)c3cc(C(C)(C)C)cc(C(C)(C)C)c3)c3cc([Si](C)(C)C)ccc23)cc(C(C)(C)C)c1. The van der Waals surface area contributed by atoms with E-state index in [1.165, 1.54) is 105 Å². The lowest BCUT2D eigenvalue weighted by molar-refractivity contribution is 0.567. The first kappa shape index (κ1) is 58.8. The summed E-state index contributed by atoms with van der Waals surface area (Å²) in [5, 5.41) is 7.92. The maximum Gasteiger partial charge on any atom is 0.0777 e. The van der Waals surface area contributed by atoms with Gasteiger partial charge in [-0.3, -0.25) is 0 Å². The monoisotopic (exact) mass is 1050 g/mol. The van der Waals surface area contributed by atoms with Crippen molar-refractivity contribution in [1.29, 1.82) is 0 Å². The lowest BCUT2D eigenvalue weighted by atomic mass is 9.79. The largest absolute Gasteiger partial charge is 0.309 e. The summed E-state index contributed by atoms with van der Waals surface area (Å²) in [5.41, 5.74) is 16.1. The van der Waals surface area contributed by atoms with Crippen molar-refractivity contribution in [2.24, 2.45) is 0 Å². The Morgan fingerprint density at radius 1 is 0.250 bits per heavy atom. The molecule has 0 amide bonds. The van der Waals surface area contributed by atoms with Crippen molar-refractivity contribution >= 4 is 82.2 Å². The summed E-state index contributed by atoms with van der Waals surface area (Å²) in [4.78, 5) is 5.40. The van der Waals surface area contributed by atoms with Crippen molar-refractivity contribution in [2.45, 2.75) is 223 Å². The zero-order valence-electron chi connectivity index (χ0n) is 52.9. The molecule has 406 valence electrons. The second-order valence-corrected chi connectivity index (χ2v) is 42.2. The van der Waals surface area contributed by atoms with Crippen LogP contribution in [0.4, 0.5) is 34.1 Å². The van der Waals surface area contributed by atoms with Gasteiger partial charge in [0.2, 0.25) is 0 Å². The second-order valence-electron chi connectivity index (χ2n) is 32.0. The van der Waals surface area contributed by atoms with Gasteiger partial charge in [-0.2, -0.15) is 0 Å². The molecule has 7 rings (SSSR count). The smallest absolute Gasteiger partial charge is 0.0777 e. The van der Waals surface area contributed by atoms with Crippen LogP contribution in [-0.4, -0.2) is 16.1 Å². The van der Waals surface area contributed by atoms with Crippen molar-refractivity contribution in [3.63, 3.8) is 0 Å². The molecule has 0 aliphatic carbocycles. The molecule has 0 fully saturated rings. The summed E-state index contributed by atoms with van der Waals surface area (Å²) in [5.74, 6) is 0. The molecule has 0 N–H and O–H groups in total. The van der Waals surface area contributed by atoms with Gasteiger partial charge in [-0.25, -0.2) is 0 Å². The fourth-order valence-electron chi connectivity index (χ4n) is 10.3. The average molecular weight is 1050 g/mol. The number of hydrogen-bond donors (Lipinski definition) is 0. The quantitative estimate of drug-likeness (QED) is 0.0850. The van der Waals surface area contributed by atoms with Crippen LogP contribution >= 0.6 is 0 Å². The molecule has 0 aliphatic rings. The fraction of sp³-hybridized carbons (Fsp3) is 0.472. The highest BCUT2D eigenvalue weighted by atomic mass is 28.3. The number of fused-ring (bicyclic) bond motifs is 2. The van der Waals surface area contributed by atoms with Gasteiger partial charge in [-0.1, -0.05) is 262 Å². The summed E-state index contributed by atoms with van der Waals surface area (Å²) >= 11 is 0. The Labute approximate surface area is 466 Å². The molecule has 0 aromatic heterocycles. The van der Waals surface area contributed by atoms with Crippen LogP contribution in [0, 0.1) is 0 Å². The zero-order valence-corrected chi connectivity index (χ0v) is 54.9. The minimum Gasteiger partial charge on any atom is -0.309 e. The van der Waals surface area contributed by atoms with E-state index in [0.29, 0.717) is 0 Å². The molecule has 7 aromatic rings. The van der Waals surface area contributed by atoms with E-state index in [9.17, 15) is 0 Å². The third-order valence-electron chi connectivity index (χ3n) is 15.9. The Morgan fingerprint density at radius 3 is 0.776 bits per heavy atom. The van der Waals surface area contributed by atoms with Gasteiger partial charge in [0, 0.05) is 44.3 Å². The average Bonchev–Trinajstić information content (AvgIpc) is 3.26. The minimum atomic E-state index is -1.88. The van der Waals surface area contributed by atoms with Gasteiger partial charge >= 0.3 is 0 Å². The van der Waals surface area contributed by atoms with E-state index in [1.807, 2.05) is 0 Å². The minimum absolute atomic E-state index is 0.0678. The van der Waals surface area contributed by atoms with Crippen LogP contribution < -0.4 is 20.2 Å². The number of anilines is 6. The Kier molecular flexibility index (Phi) is 15.1. The van der Waals surface area contributed by atoms with Crippen molar-refractivity contribution in [3.8, 4) is 0 Å². The first-order valence-electron chi connectivity index (χ1n) is 28.6. The molecule has 4 heteroatoms. The summed E-state index contributed by atoms with van der Waals surface area (Å²) in [6.07, 6.45) is 0. The van der Waals surface area contributed by atoms with Crippen LogP contribution in [-0.2, 0) is 37.9 Å². The molecule has 76 heavy (non-hydrogen) atoms. The van der Waals surface area contributed by atoms with E-state index >= 15 is 0 Å². The molecule has 0 aliphatic heterocycles. The van der Waals surface area contributed by atoms with Crippen LogP contribution in [0.1, 0.15) is 184 Å². The molecular formula is C72H100N2Si2. The van der Waals surface area contributed by atoms with E-state index in [-0.39, 0.29) is 37.9 Å². The van der Waals surface area contributed by atoms with Gasteiger partial charge in [-0.05, 0) is 125 Å². The maximum atomic E-state index is 2.70. The molecule has 0 atom stereocenters. The van der Waals surface area contributed by atoms with Gasteiger partial charge in [0.25, 0.3) is 0 Å². The van der Waals surface area contributed by atoms with Crippen LogP contribution in [0.2, 0.25) is 39.3 Å². The van der Waals surface area contributed by atoms with Gasteiger partial charge in [0.15, 0.2) is 0 Å². The van der Waals surface area contributed by atoms with Crippen LogP contribution in [0.15, 0.2) is 115 Å². The number of hydrogen-bond acceptors (Lipinski definition) is 2. The Morgan fingerprint density at radius 2 is 0.500 bits per heavy atom. The summed E-state index contributed by atoms with van der Waals surface area (Å²) in [6, 6.07) is 47.2. The molecule has 0 bridgehead atoms. The molecule has 2 nitrogen and oxygen atoms in total.